The number of nitrogens with one attached hydrogen (secondary N) is 1. The fourth-order valence-electron chi connectivity index (χ4n) is 3.94. The topological polar surface area (TPSA) is 63.3 Å². The Morgan fingerprint density at radius 1 is 0.941 bits per heavy atom. The van der Waals surface area contributed by atoms with Crippen molar-refractivity contribution in [1.82, 2.24) is 9.80 Å². The molecule has 0 atom stereocenters. The third kappa shape index (κ3) is 7.98. The zero-order valence-electron chi connectivity index (χ0n) is 20.1. The molecule has 2 aromatic carbocycles. The number of hydrogen-bond acceptors (Lipinski definition) is 7. The summed E-state index contributed by atoms with van der Waals surface area (Å²) in [6.45, 7) is 6.40. The van der Waals surface area contributed by atoms with Crippen molar-refractivity contribution in [2.24, 2.45) is 0 Å². The number of amides is 1. The molecule has 186 valence electrons. The Morgan fingerprint density at radius 2 is 1.53 bits per heavy atom. The molecule has 1 heterocycles. The first-order valence-electron chi connectivity index (χ1n) is 11.5. The second-order valence-corrected chi connectivity index (χ2v) is 9.59. The molecule has 2 aromatic rings. The number of methoxy groups -OCH3 is 3. The van der Waals surface area contributed by atoms with Gasteiger partial charge in [0.05, 0.1) is 21.3 Å². The highest BCUT2D eigenvalue weighted by Gasteiger charge is 2.17. The molecule has 0 radical (unpaired) electrons. The minimum absolute atomic E-state index is 0.0960. The van der Waals surface area contributed by atoms with Gasteiger partial charge in [0.2, 0.25) is 5.75 Å². The number of carbonyl (C=O) groups excluding carboxylic acids is 1. The summed E-state index contributed by atoms with van der Waals surface area (Å²) in [6.07, 6.45) is 2.02. The van der Waals surface area contributed by atoms with Gasteiger partial charge in [-0.1, -0.05) is 35.5 Å². The van der Waals surface area contributed by atoms with Crippen LogP contribution in [0.3, 0.4) is 0 Å². The lowest BCUT2D eigenvalue weighted by molar-refractivity contribution is 0.134. The van der Waals surface area contributed by atoms with E-state index in [1.54, 1.807) is 33.5 Å². The van der Waals surface area contributed by atoms with E-state index in [0.717, 1.165) is 62.9 Å². The van der Waals surface area contributed by atoms with E-state index in [1.807, 2.05) is 12.1 Å². The lowest BCUT2D eigenvalue weighted by Gasteiger charge is -2.34. The van der Waals surface area contributed by atoms with Gasteiger partial charge in [-0.2, -0.15) is 0 Å². The number of carbonyl (C=O) groups is 1. The monoisotopic (exact) mass is 507 g/mol. The van der Waals surface area contributed by atoms with Crippen LogP contribution in [0.2, 0.25) is 5.02 Å². The smallest absolute Gasteiger partial charge is 0.283 e. The number of piperazine rings is 1. The summed E-state index contributed by atoms with van der Waals surface area (Å²) in [4.78, 5) is 17.4. The van der Waals surface area contributed by atoms with Gasteiger partial charge < -0.3 is 29.3 Å². The van der Waals surface area contributed by atoms with Crippen LogP contribution in [0, 0.1) is 0 Å². The summed E-state index contributed by atoms with van der Waals surface area (Å²) in [6, 6.07) is 11.6. The Kier molecular flexibility index (Phi) is 10.7. The second-order valence-electron chi connectivity index (χ2n) is 8.09. The van der Waals surface area contributed by atoms with Crippen molar-refractivity contribution in [1.29, 1.82) is 0 Å². The molecule has 1 aliphatic heterocycles. The van der Waals surface area contributed by atoms with Crippen LogP contribution < -0.4 is 19.5 Å². The molecule has 34 heavy (non-hydrogen) atoms. The first-order valence-corrected chi connectivity index (χ1v) is 12.8. The quantitative estimate of drug-likeness (QED) is 0.435. The lowest BCUT2D eigenvalue weighted by atomic mass is 10.1. The van der Waals surface area contributed by atoms with Crippen molar-refractivity contribution in [2.45, 2.75) is 12.8 Å². The van der Waals surface area contributed by atoms with Gasteiger partial charge in [-0.15, -0.1) is 0 Å². The van der Waals surface area contributed by atoms with Crippen LogP contribution in [0.1, 0.15) is 12.0 Å². The Labute approximate surface area is 211 Å². The molecular weight excluding hydrogens is 474 g/mol. The van der Waals surface area contributed by atoms with Gasteiger partial charge in [0, 0.05) is 61.3 Å². The summed E-state index contributed by atoms with van der Waals surface area (Å²) >= 11 is 7.26. The molecule has 1 N–H and O–H groups in total. The molecule has 0 aromatic heterocycles. The molecule has 0 saturated carbocycles. The van der Waals surface area contributed by atoms with Gasteiger partial charge in [0.1, 0.15) is 0 Å². The molecule has 0 aliphatic carbocycles. The van der Waals surface area contributed by atoms with Gasteiger partial charge in [-0.05, 0) is 37.1 Å². The largest absolute Gasteiger partial charge is 0.493 e. The summed E-state index contributed by atoms with van der Waals surface area (Å²) in [5, 5.41) is 3.59. The van der Waals surface area contributed by atoms with Crippen LogP contribution in [0.4, 0.5) is 10.5 Å². The third-order valence-electron chi connectivity index (χ3n) is 5.86. The molecule has 1 saturated heterocycles. The molecule has 0 spiro atoms. The SMILES string of the molecule is COc1cc(NC(=O)SCCCN2CCN(CCc3ccc(Cl)cc3)CC2)cc(OC)c1OC. The highest BCUT2D eigenvalue weighted by molar-refractivity contribution is 8.13. The van der Waals surface area contributed by atoms with Crippen molar-refractivity contribution in [2.75, 3.05) is 71.7 Å². The van der Waals surface area contributed by atoms with Crippen molar-refractivity contribution in [3.8, 4) is 17.2 Å². The molecule has 1 amide bonds. The minimum Gasteiger partial charge on any atom is -0.493 e. The molecule has 0 bridgehead atoms. The highest BCUT2D eigenvalue weighted by atomic mass is 35.5. The fourth-order valence-corrected chi connectivity index (χ4v) is 4.71. The fraction of sp³-hybridized carbons (Fsp3) is 0.480. The van der Waals surface area contributed by atoms with Crippen molar-refractivity contribution < 1.29 is 19.0 Å². The van der Waals surface area contributed by atoms with Gasteiger partial charge in [-0.3, -0.25) is 4.79 Å². The number of nitrogens with zero attached hydrogens (tertiary/aromatic N) is 2. The predicted octanol–water partition coefficient (Wildman–Crippen LogP) is 4.88. The van der Waals surface area contributed by atoms with Crippen LogP contribution in [0.25, 0.3) is 0 Å². The van der Waals surface area contributed by atoms with E-state index in [9.17, 15) is 4.79 Å². The van der Waals surface area contributed by atoms with E-state index < -0.39 is 0 Å². The molecule has 1 aliphatic rings. The van der Waals surface area contributed by atoms with Crippen LogP contribution in [-0.2, 0) is 6.42 Å². The maximum Gasteiger partial charge on any atom is 0.283 e. The van der Waals surface area contributed by atoms with Gasteiger partial charge in [-0.25, -0.2) is 0 Å². The summed E-state index contributed by atoms with van der Waals surface area (Å²) in [5.41, 5.74) is 1.94. The van der Waals surface area contributed by atoms with Gasteiger partial charge in [0.25, 0.3) is 5.24 Å². The number of rotatable bonds is 11. The number of ether oxygens (including phenoxy) is 3. The van der Waals surface area contributed by atoms with Gasteiger partial charge in [0.15, 0.2) is 11.5 Å². The van der Waals surface area contributed by atoms with Crippen molar-refractivity contribution in [3.63, 3.8) is 0 Å². The van der Waals surface area contributed by atoms with Crippen LogP contribution >= 0.6 is 23.4 Å². The number of halogens is 1. The molecule has 9 heteroatoms. The second kappa shape index (κ2) is 13.7. The number of anilines is 1. The lowest BCUT2D eigenvalue weighted by Crippen LogP contribution is -2.47. The third-order valence-corrected chi connectivity index (χ3v) is 6.97. The highest BCUT2D eigenvalue weighted by Crippen LogP contribution is 2.40. The maximum absolute atomic E-state index is 12.4. The van der Waals surface area contributed by atoms with Crippen LogP contribution in [0.5, 0.6) is 17.2 Å². The Balaban J connectivity index is 1.32. The van der Waals surface area contributed by atoms with E-state index in [-0.39, 0.29) is 5.24 Å². The van der Waals surface area contributed by atoms with E-state index in [0.29, 0.717) is 22.9 Å². The Bertz CT molecular complexity index is 896. The van der Waals surface area contributed by atoms with E-state index in [2.05, 4.69) is 27.2 Å². The van der Waals surface area contributed by atoms with Crippen LogP contribution in [0.15, 0.2) is 36.4 Å². The average molecular weight is 508 g/mol. The standard InChI is InChI=1S/C25H34ClN3O4S/c1-31-22-17-21(18-23(32-2)24(22)33-3)27-25(30)34-16-4-10-28-12-14-29(15-13-28)11-9-19-5-7-20(26)8-6-19/h5-8,17-18H,4,9-16H2,1-3H3,(H,27,30). The zero-order chi connectivity index (χ0) is 24.3. The Hall–Kier alpha value is -2.13. The minimum atomic E-state index is -0.0960. The summed E-state index contributed by atoms with van der Waals surface area (Å²) < 4.78 is 16.0. The molecule has 0 unspecified atom stereocenters. The molecule has 7 nitrogen and oxygen atoms in total. The first kappa shape index (κ1) is 26.5. The number of hydrogen-bond donors (Lipinski definition) is 1. The van der Waals surface area contributed by atoms with Crippen molar-refractivity contribution >= 4 is 34.3 Å². The number of thioether (sulfide) groups is 1. The predicted molar refractivity (Wildman–Crippen MR) is 140 cm³/mol. The van der Waals surface area contributed by atoms with Crippen molar-refractivity contribution in [3.05, 3.63) is 47.0 Å². The maximum atomic E-state index is 12.4. The normalized spacial score (nSPS) is 14.6. The molecular formula is C25H34ClN3O4S. The van der Waals surface area contributed by atoms with E-state index >= 15 is 0 Å². The van der Waals surface area contributed by atoms with E-state index in [1.165, 1.54) is 17.3 Å². The van der Waals surface area contributed by atoms with Crippen LogP contribution in [-0.4, -0.2) is 81.4 Å². The summed E-state index contributed by atoms with van der Waals surface area (Å²) in [7, 11) is 4.66. The zero-order valence-corrected chi connectivity index (χ0v) is 21.7. The average Bonchev–Trinajstić information content (AvgIpc) is 2.86. The number of benzene rings is 2. The molecule has 1 fully saturated rings. The first-order chi connectivity index (χ1) is 16.5. The Morgan fingerprint density at radius 3 is 2.09 bits per heavy atom. The van der Waals surface area contributed by atoms with E-state index in [4.69, 9.17) is 25.8 Å². The molecule has 3 rings (SSSR count). The van der Waals surface area contributed by atoms with Gasteiger partial charge >= 0.3 is 0 Å². The summed E-state index contributed by atoms with van der Waals surface area (Å²) in [5.74, 6) is 2.29.